The number of hydrogen-bond donors (Lipinski definition) is 1. The highest BCUT2D eigenvalue weighted by Gasteiger charge is 2.31. The first kappa shape index (κ1) is 16.1. The van der Waals surface area contributed by atoms with Crippen molar-refractivity contribution in [1.29, 1.82) is 0 Å². The van der Waals surface area contributed by atoms with Crippen LogP contribution in [0.4, 0.5) is 0 Å². The maximum Gasteiger partial charge on any atom is 0.150 e. The molecule has 1 aliphatic rings. The number of methoxy groups -OCH3 is 2. The predicted octanol–water partition coefficient (Wildman–Crippen LogP) is 1.79. The van der Waals surface area contributed by atoms with Crippen LogP contribution >= 0.6 is 0 Å². The summed E-state index contributed by atoms with van der Waals surface area (Å²) in [4.78, 5) is 0. The van der Waals surface area contributed by atoms with Gasteiger partial charge in [-0.25, -0.2) is 8.42 Å². The molecular weight excluding hydrogens is 290 g/mol. The highest BCUT2D eigenvalue weighted by Crippen LogP contribution is 2.38. The lowest BCUT2D eigenvalue weighted by Crippen LogP contribution is -2.22. The molecule has 1 aromatic rings. The van der Waals surface area contributed by atoms with Crippen molar-refractivity contribution >= 4 is 9.84 Å². The summed E-state index contributed by atoms with van der Waals surface area (Å²) < 4.78 is 34.1. The van der Waals surface area contributed by atoms with Gasteiger partial charge >= 0.3 is 0 Å². The van der Waals surface area contributed by atoms with Crippen LogP contribution in [0.15, 0.2) is 18.2 Å². The summed E-state index contributed by atoms with van der Waals surface area (Å²) in [5, 5.41) is 3.27. The van der Waals surface area contributed by atoms with E-state index in [1.807, 2.05) is 25.2 Å². The molecule has 0 aromatic heterocycles. The first-order valence-corrected chi connectivity index (χ1v) is 8.91. The van der Waals surface area contributed by atoms with Crippen LogP contribution in [0.25, 0.3) is 0 Å². The van der Waals surface area contributed by atoms with E-state index in [-0.39, 0.29) is 17.7 Å². The zero-order chi connectivity index (χ0) is 15.5. The third-order valence-electron chi connectivity index (χ3n) is 4.06. The molecule has 1 saturated heterocycles. The zero-order valence-electron chi connectivity index (χ0n) is 12.8. The topological polar surface area (TPSA) is 64.6 Å². The quantitative estimate of drug-likeness (QED) is 0.867. The Morgan fingerprint density at radius 3 is 2.33 bits per heavy atom. The van der Waals surface area contributed by atoms with Crippen LogP contribution in [0, 0.1) is 5.92 Å². The molecule has 21 heavy (non-hydrogen) atoms. The molecule has 0 saturated carbocycles. The van der Waals surface area contributed by atoms with Crippen LogP contribution in [-0.4, -0.2) is 41.2 Å². The fourth-order valence-corrected chi connectivity index (χ4v) is 4.87. The van der Waals surface area contributed by atoms with Gasteiger partial charge in [-0.05, 0) is 37.9 Å². The molecule has 2 atom stereocenters. The summed E-state index contributed by atoms with van der Waals surface area (Å²) in [5.74, 6) is 2.28. The maximum atomic E-state index is 11.6. The highest BCUT2D eigenvalue weighted by molar-refractivity contribution is 7.91. The van der Waals surface area contributed by atoms with Crippen LogP contribution in [0.3, 0.4) is 0 Å². The molecule has 118 valence electrons. The summed E-state index contributed by atoms with van der Waals surface area (Å²) in [5.41, 5.74) is 0.953. The van der Waals surface area contributed by atoms with Crippen LogP contribution in [-0.2, 0) is 9.84 Å². The Labute approximate surface area is 126 Å². The largest absolute Gasteiger partial charge is 0.496 e. The predicted molar refractivity (Wildman–Crippen MR) is 82.7 cm³/mol. The van der Waals surface area contributed by atoms with Gasteiger partial charge in [0.05, 0.1) is 31.3 Å². The molecule has 0 bridgehead atoms. The Hall–Kier alpha value is -1.27. The van der Waals surface area contributed by atoms with Gasteiger partial charge in [0.2, 0.25) is 0 Å². The van der Waals surface area contributed by atoms with E-state index in [0.717, 1.165) is 29.9 Å². The smallest absolute Gasteiger partial charge is 0.150 e. The molecule has 1 heterocycles. The van der Waals surface area contributed by atoms with Gasteiger partial charge < -0.3 is 14.8 Å². The van der Waals surface area contributed by atoms with Gasteiger partial charge in [-0.3, -0.25) is 0 Å². The maximum absolute atomic E-state index is 11.6. The summed E-state index contributed by atoms with van der Waals surface area (Å²) in [6.07, 6.45) is 1.49. The Balaban J connectivity index is 2.25. The van der Waals surface area contributed by atoms with Gasteiger partial charge in [-0.2, -0.15) is 0 Å². The Morgan fingerprint density at radius 1 is 1.29 bits per heavy atom. The number of ether oxygens (including phenoxy) is 2. The van der Waals surface area contributed by atoms with Crippen LogP contribution in [0.1, 0.15) is 24.4 Å². The molecule has 1 N–H and O–H groups in total. The fourth-order valence-electron chi connectivity index (χ4n) is 2.99. The molecule has 0 amide bonds. The molecule has 1 aliphatic heterocycles. The standard InChI is InChI=1S/C15H23NO4S/c1-16-12(9-11-7-8-21(17,18)10-11)15-13(19-2)5-4-6-14(15)20-3/h4-6,11-12,16H,7-10H2,1-3H3. The van der Waals surface area contributed by atoms with E-state index in [4.69, 9.17) is 9.47 Å². The van der Waals surface area contributed by atoms with E-state index in [2.05, 4.69) is 5.32 Å². The molecule has 6 heteroatoms. The van der Waals surface area contributed by atoms with Crippen molar-refractivity contribution in [2.75, 3.05) is 32.8 Å². The molecular formula is C15H23NO4S. The van der Waals surface area contributed by atoms with E-state index < -0.39 is 9.84 Å². The number of rotatable bonds is 6. The minimum atomic E-state index is -2.85. The summed E-state index contributed by atoms with van der Waals surface area (Å²) >= 11 is 0. The van der Waals surface area contributed by atoms with E-state index in [0.29, 0.717) is 5.75 Å². The molecule has 0 spiro atoms. The van der Waals surface area contributed by atoms with Crippen molar-refractivity contribution in [3.63, 3.8) is 0 Å². The van der Waals surface area contributed by atoms with Crippen molar-refractivity contribution in [3.8, 4) is 11.5 Å². The number of sulfone groups is 1. The number of benzene rings is 1. The SMILES string of the molecule is CNC(CC1CCS(=O)(=O)C1)c1c(OC)cccc1OC. The van der Waals surface area contributed by atoms with Gasteiger partial charge in [0, 0.05) is 6.04 Å². The van der Waals surface area contributed by atoms with Crippen molar-refractivity contribution in [2.24, 2.45) is 5.92 Å². The van der Waals surface area contributed by atoms with Gasteiger partial charge in [0.1, 0.15) is 11.5 Å². The van der Waals surface area contributed by atoms with Crippen LogP contribution in [0.2, 0.25) is 0 Å². The molecule has 0 aliphatic carbocycles. The minimum absolute atomic E-state index is 0.00870. The average molecular weight is 313 g/mol. The molecule has 1 aromatic carbocycles. The lowest BCUT2D eigenvalue weighted by Gasteiger charge is -2.24. The Bertz CT molecular complexity index is 563. The highest BCUT2D eigenvalue weighted by atomic mass is 32.2. The van der Waals surface area contributed by atoms with Crippen LogP contribution in [0.5, 0.6) is 11.5 Å². The molecule has 2 unspecified atom stereocenters. The molecule has 2 rings (SSSR count). The van der Waals surface area contributed by atoms with Gasteiger partial charge in [-0.1, -0.05) is 6.07 Å². The average Bonchev–Trinajstić information content (AvgIpc) is 2.83. The third-order valence-corrected chi connectivity index (χ3v) is 5.90. The first-order chi connectivity index (χ1) is 10.0. The van der Waals surface area contributed by atoms with E-state index >= 15 is 0 Å². The Morgan fingerprint density at radius 2 is 1.90 bits per heavy atom. The lowest BCUT2D eigenvalue weighted by molar-refractivity contribution is 0.357. The second-order valence-corrected chi connectivity index (χ2v) is 7.65. The normalized spacial score (nSPS) is 22.0. The summed E-state index contributed by atoms with van der Waals surface area (Å²) in [6.45, 7) is 0. The zero-order valence-corrected chi connectivity index (χ0v) is 13.6. The monoisotopic (exact) mass is 313 g/mol. The minimum Gasteiger partial charge on any atom is -0.496 e. The summed E-state index contributed by atoms with van der Waals surface area (Å²) in [6, 6.07) is 5.68. The van der Waals surface area contributed by atoms with Crippen molar-refractivity contribution in [1.82, 2.24) is 5.32 Å². The van der Waals surface area contributed by atoms with E-state index in [9.17, 15) is 8.42 Å². The van der Waals surface area contributed by atoms with E-state index in [1.165, 1.54) is 0 Å². The molecule has 1 fully saturated rings. The summed E-state index contributed by atoms with van der Waals surface area (Å²) in [7, 11) is 2.28. The number of nitrogens with one attached hydrogen (secondary N) is 1. The van der Waals surface area contributed by atoms with Crippen molar-refractivity contribution in [3.05, 3.63) is 23.8 Å². The van der Waals surface area contributed by atoms with Crippen molar-refractivity contribution < 1.29 is 17.9 Å². The van der Waals surface area contributed by atoms with Gasteiger partial charge in [0.25, 0.3) is 0 Å². The Kier molecular flexibility index (Phi) is 5.11. The third kappa shape index (κ3) is 3.68. The molecule has 5 nitrogen and oxygen atoms in total. The van der Waals surface area contributed by atoms with Crippen LogP contribution < -0.4 is 14.8 Å². The fraction of sp³-hybridized carbons (Fsp3) is 0.600. The second kappa shape index (κ2) is 6.66. The number of hydrogen-bond acceptors (Lipinski definition) is 5. The van der Waals surface area contributed by atoms with Gasteiger partial charge in [0.15, 0.2) is 9.84 Å². The van der Waals surface area contributed by atoms with E-state index in [1.54, 1.807) is 14.2 Å². The van der Waals surface area contributed by atoms with Gasteiger partial charge in [-0.15, -0.1) is 0 Å². The van der Waals surface area contributed by atoms with Crippen molar-refractivity contribution in [2.45, 2.75) is 18.9 Å². The second-order valence-electron chi connectivity index (χ2n) is 5.42. The first-order valence-electron chi connectivity index (χ1n) is 7.09. The molecule has 0 radical (unpaired) electrons. The lowest BCUT2D eigenvalue weighted by atomic mass is 9.93.